The van der Waals surface area contributed by atoms with E-state index in [1.54, 1.807) is 6.07 Å². The van der Waals surface area contributed by atoms with Gasteiger partial charge in [0.15, 0.2) is 0 Å². The van der Waals surface area contributed by atoms with E-state index < -0.39 is 0 Å². The van der Waals surface area contributed by atoms with Gasteiger partial charge in [-0.15, -0.1) is 0 Å². The smallest absolute Gasteiger partial charge is 0.223 e. The molecule has 0 aromatic heterocycles. The molecule has 1 aliphatic rings. The topological polar surface area (TPSA) is 41.6 Å². The Balaban J connectivity index is 1.68. The van der Waals surface area contributed by atoms with E-state index in [0.29, 0.717) is 25.9 Å². The Morgan fingerprint density at radius 3 is 2.90 bits per heavy atom. The van der Waals surface area contributed by atoms with Crippen LogP contribution in [0.4, 0.5) is 4.39 Å². The second-order valence-electron chi connectivity index (χ2n) is 5.22. The molecule has 116 valence electrons. The van der Waals surface area contributed by atoms with Crippen molar-refractivity contribution in [3.8, 4) is 5.75 Å². The minimum Gasteiger partial charge on any atom is -0.488 e. The maximum atomic E-state index is 13.1. The van der Waals surface area contributed by atoms with Crippen molar-refractivity contribution in [1.29, 1.82) is 0 Å². The third-order valence-corrected chi connectivity index (χ3v) is 3.77. The molecule has 1 aromatic carbocycles. The van der Waals surface area contributed by atoms with E-state index >= 15 is 0 Å². The van der Waals surface area contributed by atoms with Gasteiger partial charge in [-0.05, 0) is 32.0 Å². The lowest BCUT2D eigenvalue weighted by Gasteiger charge is -2.19. The molecule has 0 aliphatic carbocycles. The molecule has 5 heteroatoms. The fraction of sp³-hybridized carbons (Fsp3) is 0.562. The first kappa shape index (κ1) is 15.8. The summed E-state index contributed by atoms with van der Waals surface area (Å²) in [5.74, 6) is 0.711. The molecule has 0 saturated carbocycles. The fourth-order valence-corrected chi connectivity index (χ4v) is 2.60. The Labute approximate surface area is 125 Å². The molecule has 1 aliphatic heterocycles. The SMILES string of the molecule is CCN(CC)C(=O)CCNCC1Cc2cc(F)ccc2O1. The van der Waals surface area contributed by atoms with Gasteiger partial charge >= 0.3 is 0 Å². The van der Waals surface area contributed by atoms with Gasteiger partial charge < -0.3 is 15.0 Å². The van der Waals surface area contributed by atoms with Crippen LogP contribution in [0.3, 0.4) is 0 Å². The van der Waals surface area contributed by atoms with Crippen LogP contribution in [0.2, 0.25) is 0 Å². The predicted molar refractivity (Wildman–Crippen MR) is 79.9 cm³/mol. The van der Waals surface area contributed by atoms with Gasteiger partial charge in [-0.2, -0.15) is 0 Å². The number of hydrogen-bond acceptors (Lipinski definition) is 3. The normalized spacial score (nSPS) is 16.4. The molecule has 2 rings (SSSR count). The Bertz CT molecular complexity index is 489. The van der Waals surface area contributed by atoms with Crippen LogP contribution in [0.25, 0.3) is 0 Å². The van der Waals surface area contributed by atoms with Crippen molar-refractivity contribution >= 4 is 5.91 Å². The minimum atomic E-state index is -0.226. The van der Waals surface area contributed by atoms with Gasteiger partial charge in [0.1, 0.15) is 17.7 Å². The summed E-state index contributed by atoms with van der Waals surface area (Å²) in [7, 11) is 0. The van der Waals surface area contributed by atoms with Crippen LogP contribution in [0.15, 0.2) is 18.2 Å². The highest BCUT2D eigenvalue weighted by atomic mass is 19.1. The molecular weight excluding hydrogens is 271 g/mol. The summed E-state index contributed by atoms with van der Waals surface area (Å²) >= 11 is 0. The van der Waals surface area contributed by atoms with Crippen LogP contribution in [0, 0.1) is 5.82 Å². The zero-order valence-corrected chi connectivity index (χ0v) is 12.7. The summed E-state index contributed by atoms with van der Waals surface area (Å²) in [6.07, 6.45) is 1.23. The molecule has 0 fully saturated rings. The molecule has 1 unspecified atom stereocenters. The highest BCUT2D eigenvalue weighted by Gasteiger charge is 2.22. The second kappa shape index (κ2) is 7.41. The van der Waals surface area contributed by atoms with Crippen LogP contribution >= 0.6 is 0 Å². The molecule has 1 amide bonds. The maximum Gasteiger partial charge on any atom is 0.223 e. The van der Waals surface area contributed by atoms with Gasteiger partial charge in [0, 0.05) is 44.6 Å². The van der Waals surface area contributed by atoms with E-state index in [4.69, 9.17) is 4.74 Å². The summed E-state index contributed by atoms with van der Waals surface area (Å²) in [6.45, 7) is 6.78. The summed E-state index contributed by atoms with van der Waals surface area (Å²) < 4.78 is 18.8. The van der Waals surface area contributed by atoms with E-state index in [-0.39, 0.29) is 17.8 Å². The standard InChI is InChI=1S/C16H23FN2O2/c1-3-19(4-2)16(20)7-8-18-11-14-10-12-9-13(17)5-6-15(12)21-14/h5-6,9,14,18H,3-4,7-8,10-11H2,1-2H3. The number of fused-ring (bicyclic) bond motifs is 1. The summed E-state index contributed by atoms with van der Waals surface area (Å²) in [4.78, 5) is 13.7. The van der Waals surface area contributed by atoms with E-state index in [0.717, 1.165) is 24.4 Å². The van der Waals surface area contributed by atoms with Crippen molar-refractivity contribution in [2.75, 3.05) is 26.2 Å². The highest BCUT2D eigenvalue weighted by molar-refractivity contribution is 5.76. The predicted octanol–water partition coefficient (Wildman–Crippen LogP) is 1.98. The van der Waals surface area contributed by atoms with Gasteiger partial charge in [0.05, 0.1) is 0 Å². The van der Waals surface area contributed by atoms with Crippen molar-refractivity contribution in [2.45, 2.75) is 32.8 Å². The Kier molecular flexibility index (Phi) is 5.56. The van der Waals surface area contributed by atoms with Crippen molar-refractivity contribution in [3.63, 3.8) is 0 Å². The number of halogens is 1. The van der Waals surface area contributed by atoms with Crippen molar-refractivity contribution in [1.82, 2.24) is 10.2 Å². The third kappa shape index (κ3) is 4.17. The van der Waals surface area contributed by atoms with Gasteiger partial charge in [-0.1, -0.05) is 0 Å². The Morgan fingerprint density at radius 2 is 2.19 bits per heavy atom. The molecule has 0 bridgehead atoms. The van der Waals surface area contributed by atoms with E-state index in [2.05, 4.69) is 5.32 Å². The van der Waals surface area contributed by atoms with Crippen molar-refractivity contribution in [2.24, 2.45) is 0 Å². The number of carbonyl (C=O) groups excluding carboxylic acids is 1. The molecule has 1 heterocycles. The van der Waals surface area contributed by atoms with E-state index in [1.165, 1.54) is 12.1 Å². The number of ether oxygens (including phenoxy) is 1. The zero-order chi connectivity index (χ0) is 15.2. The number of nitrogens with one attached hydrogen (secondary N) is 1. The first-order valence-electron chi connectivity index (χ1n) is 7.57. The van der Waals surface area contributed by atoms with Gasteiger partial charge in [0.25, 0.3) is 0 Å². The molecule has 1 aromatic rings. The number of rotatable bonds is 7. The van der Waals surface area contributed by atoms with E-state index in [9.17, 15) is 9.18 Å². The highest BCUT2D eigenvalue weighted by Crippen LogP contribution is 2.28. The number of hydrogen-bond donors (Lipinski definition) is 1. The largest absolute Gasteiger partial charge is 0.488 e. The fourth-order valence-electron chi connectivity index (χ4n) is 2.60. The third-order valence-electron chi connectivity index (χ3n) is 3.77. The molecule has 4 nitrogen and oxygen atoms in total. The molecule has 21 heavy (non-hydrogen) atoms. The number of amides is 1. The average Bonchev–Trinajstić information content (AvgIpc) is 2.86. The first-order chi connectivity index (χ1) is 10.1. The number of nitrogens with zero attached hydrogens (tertiary/aromatic N) is 1. The number of carbonyl (C=O) groups is 1. The lowest BCUT2D eigenvalue weighted by atomic mass is 10.1. The monoisotopic (exact) mass is 294 g/mol. The second-order valence-corrected chi connectivity index (χ2v) is 5.22. The first-order valence-corrected chi connectivity index (χ1v) is 7.57. The quantitative estimate of drug-likeness (QED) is 0.782. The molecular formula is C16H23FN2O2. The summed E-state index contributed by atoms with van der Waals surface area (Å²) in [5.41, 5.74) is 0.918. The Hall–Kier alpha value is -1.62. The summed E-state index contributed by atoms with van der Waals surface area (Å²) in [6, 6.07) is 4.62. The molecule has 0 spiro atoms. The van der Waals surface area contributed by atoms with Crippen LogP contribution in [0.1, 0.15) is 25.8 Å². The molecule has 1 N–H and O–H groups in total. The maximum absolute atomic E-state index is 13.1. The average molecular weight is 294 g/mol. The van der Waals surface area contributed by atoms with Crippen LogP contribution in [-0.2, 0) is 11.2 Å². The minimum absolute atomic E-state index is 0.0188. The number of benzene rings is 1. The van der Waals surface area contributed by atoms with Crippen LogP contribution in [0.5, 0.6) is 5.75 Å². The van der Waals surface area contributed by atoms with Gasteiger partial charge in [-0.25, -0.2) is 4.39 Å². The van der Waals surface area contributed by atoms with Crippen LogP contribution < -0.4 is 10.1 Å². The van der Waals surface area contributed by atoms with Gasteiger partial charge in [0.2, 0.25) is 5.91 Å². The molecule has 0 saturated heterocycles. The van der Waals surface area contributed by atoms with E-state index in [1.807, 2.05) is 18.7 Å². The summed E-state index contributed by atoms with van der Waals surface area (Å²) in [5, 5.41) is 3.24. The van der Waals surface area contributed by atoms with Crippen molar-refractivity contribution in [3.05, 3.63) is 29.6 Å². The molecule has 0 radical (unpaired) electrons. The van der Waals surface area contributed by atoms with Crippen LogP contribution in [-0.4, -0.2) is 43.1 Å². The van der Waals surface area contributed by atoms with Crippen molar-refractivity contribution < 1.29 is 13.9 Å². The lowest BCUT2D eigenvalue weighted by molar-refractivity contribution is -0.130. The lowest BCUT2D eigenvalue weighted by Crippen LogP contribution is -2.35. The Morgan fingerprint density at radius 1 is 1.43 bits per heavy atom. The zero-order valence-electron chi connectivity index (χ0n) is 12.7. The molecule has 1 atom stereocenters. The van der Waals surface area contributed by atoms with Gasteiger partial charge in [-0.3, -0.25) is 4.79 Å².